The molecule has 10 heteroatoms. The van der Waals surface area contributed by atoms with E-state index in [4.69, 9.17) is 23.2 Å². The highest BCUT2D eigenvalue weighted by molar-refractivity contribution is 6.41. The highest BCUT2D eigenvalue weighted by atomic mass is 35.5. The zero-order chi connectivity index (χ0) is 29.1. The van der Waals surface area contributed by atoms with Crippen LogP contribution >= 0.6 is 23.2 Å². The molecule has 0 bridgehead atoms. The maximum absolute atomic E-state index is 13.3. The molecule has 3 aromatic rings. The van der Waals surface area contributed by atoms with Crippen LogP contribution in [-0.2, 0) is 24.2 Å². The van der Waals surface area contributed by atoms with Gasteiger partial charge in [-0.15, -0.1) is 0 Å². The Morgan fingerprint density at radius 1 is 1.02 bits per heavy atom. The number of hydrogen-bond donors (Lipinski definition) is 3. The minimum Gasteiger partial charge on any atom is -0.481 e. The lowest BCUT2D eigenvalue weighted by Gasteiger charge is -2.30. The van der Waals surface area contributed by atoms with E-state index in [1.165, 1.54) is 11.6 Å². The van der Waals surface area contributed by atoms with Crippen LogP contribution < -0.4 is 10.6 Å². The minimum absolute atomic E-state index is 0.00495. The van der Waals surface area contributed by atoms with Gasteiger partial charge in [0.15, 0.2) is 5.78 Å². The molecular weight excluding hydrogens is 565 g/mol. The van der Waals surface area contributed by atoms with Gasteiger partial charge in [0.2, 0.25) is 0 Å². The summed E-state index contributed by atoms with van der Waals surface area (Å²) in [5.74, 6) is -3.24. The van der Waals surface area contributed by atoms with Crippen molar-refractivity contribution in [3.05, 3.63) is 104 Å². The van der Waals surface area contributed by atoms with Gasteiger partial charge in [-0.05, 0) is 47.6 Å². The van der Waals surface area contributed by atoms with Gasteiger partial charge in [-0.25, -0.2) is 4.79 Å². The van der Waals surface area contributed by atoms with Crippen molar-refractivity contribution in [1.29, 1.82) is 0 Å². The normalized spacial score (nSPS) is 16.5. The van der Waals surface area contributed by atoms with Crippen molar-refractivity contribution in [1.82, 2.24) is 15.5 Å². The van der Waals surface area contributed by atoms with E-state index in [9.17, 15) is 24.3 Å². The van der Waals surface area contributed by atoms with Gasteiger partial charge in [-0.2, -0.15) is 0 Å². The lowest BCUT2D eigenvalue weighted by atomic mass is 9.92. The smallest absolute Gasteiger partial charge is 0.315 e. The molecule has 41 heavy (non-hydrogen) atoms. The van der Waals surface area contributed by atoms with E-state index in [0.717, 1.165) is 24.0 Å². The molecular formula is C31H29Cl2N3O5. The average molecular weight is 594 g/mol. The number of urea groups is 1. The Bertz CT molecular complexity index is 1510. The van der Waals surface area contributed by atoms with Crippen LogP contribution in [0.4, 0.5) is 4.79 Å². The van der Waals surface area contributed by atoms with Crippen molar-refractivity contribution in [3.8, 4) is 0 Å². The van der Waals surface area contributed by atoms with E-state index in [-0.39, 0.29) is 34.1 Å². The Kier molecular flexibility index (Phi) is 8.61. The molecule has 0 fully saturated rings. The van der Waals surface area contributed by atoms with Gasteiger partial charge in [0.05, 0.1) is 27.6 Å². The van der Waals surface area contributed by atoms with Gasteiger partial charge in [-0.3, -0.25) is 14.4 Å². The molecule has 1 heterocycles. The Morgan fingerprint density at radius 3 is 2.51 bits per heavy atom. The van der Waals surface area contributed by atoms with E-state index >= 15 is 0 Å². The topological polar surface area (TPSA) is 116 Å². The fraction of sp³-hybridized carbons (Fsp3) is 0.290. The number of nitrogens with one attached hydrogen (secondary N) is 2. The molecule has 212 valence electrons. The van der Waals surface area contributed by atoms with Crippen molar-refractivity contribution >= 4 is 46.9 Å². The molecule has 3 amide bonds. The van der Waals surface area contributed by atoms with Crippen LogP contribution in [0.2, 0.25) is 10.0 Å². The summed E-state index contributed by atoms with van der Waals surface area (Å²) in [4.78, 5) is 52.7. The first kappa shape index (κ1) is 28.6. The molecule has 0 unspecified atom stereocenters. The van der Waals surface area contributed by atoms with Crippen molar-refractivity contribution in [2.75, 3.05) is 13.1 Å². The number of carboxylic acid groups (broad SMARTS) is 1. The molecule has 1 aliphatic heterocycles. The number of benzene rings is 3. The van der Waals surface area contributed by atoms with Crippen LogP contribution in [0, 0.1) is 5.92 Å². The van der Waals surface area contributed by atoms with Crippen molar-refractivity contribution < 1.29 is 24.3 Å². The second kappa shape index (κ2) is 12.3. The minimum atomic E-state index is -1.23. The molecule has 1 aliphatic carbocycles. The van der Waals surface area contributed by atoms with E-state index in [2.05, 4.69) is 10.6 Å². The molecule has 2 aliphatic rings. The van der Waals surface area contributed by atoms with E-state index in [1.807, 2.05) is 54.6 Å². The number of Topliss-reactive ketones (excluding diaryl/α,β-unsaturated/α-hetero) is 1. The quantitative estimate of drug-likeness (QED) is 0.285. The number of rotatable bonds is 9. The second-order valence-corrected chi connectivity index (χ2v) is 11.1. The van der Waals surface area contributed by atoms with Crippen molar-refractivity contribution in [3.63, 3.8) is 0 Å². The van der Waals surface area contributed by atoms with Gasteiger partial charge in [0.25, 0.3) is 5.91 Å². The number of amides is 3. The summed E-state index contributed by atoms with van der Waals surface area (Å²) in [6.45, 7) is 0.593. The monoisotopic (exact) mass is 593 g/mol. The largest absolute Gasteiger partial charge is 0.481 e. The van der Waals surface area contributed by atoms with Crippen LogP contribution in [0.25, 0.3) is 0 Å². The lowest BCUT2D eigenvalue weighted by Crippen LogP contribution is -2.41. The molecule has 3 N–H and O–H groups in total. The lowest BCUT2D eigenvalue weighted by molar-refractivity contribution is -0.141. The van der Waals surface area contributed by atoms with Gasteiger partial charge >= 0.3 is 12.0 Å². The molecule has 0 spiro atoms. The zero-order valence-electron chi connectivity index (χ0n) is 22.2. The number of carboxylic acids is 1. The van der Waals surface area contributed by atoms with Crippen molar-refractivity contribution in [2.24, 2.45) is 5.92 Å². The number of hydrogen-bond acceptors (Lipinski definition) is 4. The summed E-state index contributed by atoms with van der Waals surface area (Å²) >= 11 is 13.1. The summed E-state index contributed by atoms with van der Waals surface area (Å²) in [6.07, 6.45) is 1.62. The van der Waals surface area contributed by atoms with Crippen LogP contribution in [0.1, 0.15) is 61.9 Å². The fourth-order valence-electron chi connectivity index (χ4n) is 5.53. The number of carbonyl (C=O) groups is 4. The number of carbonyl (C=O) groups excluding carboxylic acids is 3. The second-order valence-electron chi connectivity index (χ2n) is 10.3. The number of fused-ring (bicyclic) bond motifs is 2. The Hall–Kier alpha value is -3.88. The SMILES string of the molecule is O=C(NC[C@H](CC(=O)c1c(Cl)cc2c(c1Cl)CCN(Cc1ccccc1)C2=O)C(=O)O)N[C@@H]1CCc2ccccc21. The van der Waals surface area contributed by atoms with Crippen LogP contribution in [0.5, 0.6) is 0 Å². The first-order valence-corrected chi connectivity index (χ1v) is 14.2. The first-order chi connectivity index (χ1) is 19.7. The molecule has 0 saturated heterocycles. The predicted molar refractivity (Wildman–Crippen MR) is 155 cm³/mol. The summed E-state index contributed by atoms with van der Waals surface area (Å²) in [5, 5.41) is 15.3. The van der Waals surface area contributed by atoms with E-state index < -0.39 is 30.1 Å². The molecule has 0 saturated carbocycles. The van der Waals surface area contributed by atoms with Gasteiger partial charge in [-0.1, -0.05) is 77.8 Å². The first-order valence-electron chi connectivity index (χ1n) is 13.4. The van der Waals surface area contributed by atoms with Crippen LogP contribution in [0.15, 0.2) is 60.7 Å². The maximum Gasteiger partial charge on any atom is 0.315 e. The molecule has 3 aromatic carbocycles. The Labute approximate surface area is 247 Å². The van der Waals surface area contributed by atoms with E-state index in [1.54, 1.807) is 4.90 Å². The highest BCUT2D eigenvalue weighted by Gasteiger charge is 2.32. The van der Waals surface area contributed by atoms with E-state index in [0.29, 0.717) is 30.6 Å². The third-order valence-corrected chi connectivity index (χ3v) is 8.41. The summed E-state index contributed by atoms with van der Waals surface area (Å²) in [6, 6.07) is 18.2. The van der Waals surface area contributed by atoms with Crippen molar-refractivity contribution in [2.45, 2.75) is 38.3 Å². The Morgan fingerprint density at radius 2 is 1.76 bits per heavy atom. The van der Waals surface area contributed by atoms with Crippen LogP contribution in [0.3, 0.4) is 0 Å². The number of aliphatic carboxylic acids is 1. The predicted octanol–water partition coefficient (Wildman–Crippen LogP) is 5.45. The number of nitrogens with zero attached hydrogens (tertiary/aromatic N) is 1. The summed E-state index contributed by atoms with van der Waals surface area (Å²) < 4.78 is 0. The molecule has 2 atom stereocenters. The number of ketones is 1. The standard InChI is InChI=1S/C31H29Cl2N3O5/c32-24-15-23-22(12-13-36(29(23)38)17-18-6-2-1-3-7-18)28(33)27(24)26(37)14-20(30(39)40)16-34-31(41)35-25-11-10-19-8-4-5-9-21(19)25/h1-9,15,20,25H,10-14,16-17H2,(H,39,40)(H2,34,35,41)/t20-,25+/m0/s1. The summed E-state index contributed by atoms with van der Waals surface area (Å²) in [7, 11) is 0. The Balaban J connectivity index is 1.24. The number of aryl methyl sites for hydroxylation is 1. The molecule has 0 aromatic heterocycles. The highest BCUT2D eigenvalue weighted by Crippen LogP contribution is 2.36. The zero-order valence-corrected chi connectivity index (χ0v) is 23.7. The van der Waals surface area contributed by atoms with Crippen LogP contribution in [-0.4, -0.2) is 46.8 Å². The molecule has 5 rings (SSSR count). The van der Waals surface area contributed by atoms with Gasteiger partial charge < -0.3 is 20.6 Å². The third kappa shape index (κ3) is 6.24. The third-order valence-electron chi connectivity index (χ3n) is 7.69. The maximum atomic E-state index is 13.3. The average Bonchev–Trinajstić information content (AvgIpc) is 3.36. The summed E-state index contributed by atoms with van der Waals surface area (Å²) in [5.41, 5.74) is 4.07. The molecule has 0 radical (unpaired) electrons. The van der Waals surface area contributed by atoms with Gasteiger partial charge in [0.1, 0.15) is 0 Å². The molecule has 8 nitrogen and oxygen atoms in total. The fourth-order valence-corrected chi connectivity index (χ4v) is 6.29. The van der Waals surface area contributed by atoms with Gasteiger partial charge in [0, 0.05) is 31.6 Å². The number of halogens is 2.